The summed E-state index contributed by atoms with van der Waals surface area (Å²) in [6.07, 6.45) is 6.95. The van der Waals surface area contributed by atoms with Gasteiger partial charge in [0.15, 0.2) is 0 Å². The maximum atomic E-state index is 4.50. The number of aryl methyl sites for hydroxylation is 2. The molecule has 0 aliphatic heterocycles. The fourth-order valence-electron chi connectivity index (χ4n) is 3.04. The summed E-state index contributed by atoms with van der Waals surface area (Å²) >= 11 is 0. The van der Waals surface area contributed by atoms with Crippen LogP contribution in [0.25, 0.3) is 0 Å². The Kier molecular flexibility index (Phi) is 3.42. The summed E-state index contributed by atoms with van der Waals surface area (Å²) in [5.74, 6) is 3.05. The Bertz CT molecular complexity index is 390. The summed E-state index contributed by atoms with van der Waals surface area (Å²) in [6.45, 7) is 4.34. The molecule has 0 amide bonds. The maximum Gasteiger partial charge on any atom is 0.0625 e. The third-order valence-corrected chi connectivity index (χ3v) is 4.53. The van der Waals surface area contributed by atoms with E-state index in [1.165, 1.54) is 43.6 Å². The van der Waals surface area contributed by atoms with Crippen LogP contribution >= 0.6 is 0 Å². The average molecular weight is 247 g/mol. The molecular formula is C15H25N3. The van der Waals surface area contributed by atoms with Gasteiger partial charge in [-0.05, 0) is 62.5 Å². The topological polar surface area (TPSA) is 29.9 Å². The van der Waals surface area contributed by atoms with Crippen LogP contribution in [0, 0.1) is 17.8 Å². The first-order valence-electron chi connectivity index (χ1n) is 7.50. The lowest BCUT2D eigenvalue weighted by molar-refractivity contribution is 0.376. The number of hydrogen-bond acceptors (Lipinski definition) is 2. The SMILES string of the molecule is CCc1cc(CNCC(C2CC2)C2CC2)n(C)n1. The van der Waals surface area contributed by atoms with Crippen molar-refractivity contribution in [2.24, 2.45) is 24.8 Å². The van der Waals surface area contributed by atoms with Gasteiger partial charge in [-0.1, -0.05) is 6.92 Å². The Morgan fingerprint density at radius 3 is 2.50 bits per heavy atom. The van der Waals surface area contributed by atoms with Crippen LogP contribution in [0.2, 0.25) is 0 Å². The van der Waals surface area contributed by atoms with E-state index in [1.807, 2.05) is 4.68 Å². The highest BCUT2D eigenvalue weighted by molar-refractivity contribution is 5.10. The van der Waals surface area contributed by atoms with Crippen LogP contribution < -0.4 is 5.32 Å². The van der Waals surface area contributed by atoms with Crippen LogP contribution in [-0.4, -0.2) is 16.3 Å². The zero-order valence-corrected chi connectivity index (χ0v) is 11.7. The molecule has 0 saturated heterocycles. The van der Waals surface area contributed by atoms with Gasteiger partial charge in [-0.15, -0.1) is 0 Å². The minimum atomic E-state index is 0.962. The molecule has 1 aromatic heterocycles. The van der Waals surface area contributed by atoms with Gasteiger partial charge in [-0.2, -0.15) is 5.10 Å². The molecule has 2 saturated carbocycles. The molecule has 3 nitrogen and oxygen atoms in total. The fraction of sp³-hybridized carbons (Fsp3) is 0.800. The molecule has 3 heteroatoms. The molecule has 18 heavy (non-hydrogen) atoms. The summed E-state index contributed by atoms with van der Waals surface area (Å²) in [5.41, 5.74) is 2.52. The van der Waals surface area contributed by atoms with Crippen LogP contribution in [-0.2, 0) is 20.0 Å². The highest BCUT2D eigenvalue weighted by Crippen LogP contribution is 2.48. The monoisotopic (exact) mass is 247 g/mol. The third-order valence-electron chi connectivity index (χ3n) is 4.53. The average Bonchev–Trinajstić information content (AvgIpc) is 3.24. The van der Waals surface area contributed by atoms with Crippen molar-refractivity contribution in [3.05, 3.63) is 17.5 Å². The van der Waals surface area contributed by atoms with Crippen molar-refractivity contribution in [3.8, 4) is 0 Å². The Morgan fingerprint density at radius 1 is 1.33 bits per heavy atom. The van der Waals surface area contributed by atoms with E-state index < -0.39 is 0 Å². The first-order valence-corrected chi connectivity index (χ1v) is 7.50. The quantitative estimate of drug-likeness (QED) is 0.802. The van der Waals surface area contributed by atoms with Gasteiger partial charge >= 0.3 is 0 Å². The van der Waals surface area contributed by atoms with Gasteiger partial charge in [0.25, 0.3) is 0 Å². The molecule has 0 radical (unpaired) electrons. The molecule has 1 heterocycles. The smallest absolute Gasteiger partial charge is 0.0625 e. The van der Waals surface area contributed by atoms with E-state index in [-0.39, 0.29) is 0 Å². The summed E-state index contributed by atoms with van der Waals surface area (Å²) < 4.78 is 2.02. The predicted octanol–water partition coefficient (Wildman–Crippen LogP) is 2.51. The Morgan fingerprint density at radius 2 is 2.00 bits per heavy atom. The lowest BCUT2D eigenvalue weighted by atomic mass is 9.98. The van der Waals surface area contributed by atoms with Crippen molar-refractivity contribution >= 4 is 0 Å². The van der Waals surface area contributed by atoms with Crippen molar-refractivity contribution in [2.45, 2.75) is 45.6 Å². The second kappa shape index (κ2) is 5.04. The Balaban J connectivity index is 1.49. The van der Waals surface area contributed by atoms with Crippen molar-refractivity contribution in [2.75, 3.05) is 6.54 Å². The van der Waals surface area contributed by atoms with E-state index in [4.69, 9.17) is 0 Å². The molecule has 1 N–H and O–H groups in total. The molecule has 0 aromatic carbocycles. The van der Waals surface area contributed by atoms with Gasteiger partial charge < -0.3 is 5.32 Å². The first kappa shape index (κ1) is 12.2. The largest absolute Gasteiger partial charge is 0.311 e. The van der Waals surface area contributed by atoms with Crippen molar-refractivity contribution < 1.29 is 0 Å². The molecule has 1 aromatic rings. The molecule has 2 aliphatic carbocycles. The molecule has 0 bridgehead atoms. The number of aromatic nitrogens is 2. The lowest BCUT2D eigenvalue weighted by Gasteiger charge is -2.16. The predicted molar refractivity (Wildman–Crippen MR) is 73.2 cm³/mol. The summed E-state index contributed by atoms with van der Waals surface area (Å²) in [7, 11) is 2.05. The second-order valence-electron chi connectivity index (χ2n) is 6.07. The van der Waals surface area contributed by atoms with Crippen molar-refractivity contribution in [3.63, 3.8) is 0 Å². The second-order valence-corrected chi connectivity index (χ2v) is 6.07. The minimum absolute atomic E-state index is 0.962. The fourth-order valence-corrected chi connectivity index (χ4v) is 3.04. The highest BCUT2D eigenvalue weighted by Gasteiger charge is 2.40. The molecule has 2 fully saturated rings. The van der Waals surface area contributed by atoms with E-state index in [0.717, 1.165) is 30.7 Å². The molecule has 3 rings (SSSR count). The number of hydrogen-bond donors (Lipinski definition) is 1. The van der Waals surface area contributed by atoms with E-state index in [2.05, 4.69) is 30.5 Å². The van der Waals surface area contributed by atoms with Gasteiger partial charge in [0, 0.05) is 13.6 Å². The van der Waals surface area contributed by atoms with Crippen LogP contribution in [0.15, 0.2) is 6.07 Å². The number of rotatable bonds is 7. The van der Waals surface area contributed by atoms with Crippen LogP contribution in [0.3, 0.4) is 0 Å². The van der Waals surface area contributed by atoms with Crippen LogP contribution in [0.4, 0.5) is 0 Å². The molecular weight excluding hydrogens is 222 g/mol. The van der Waals surface area contributed by atoms with E-state index in [9.17, 15) is 0 Å². The van der Waals surface area contributed by atoms with Gasteiger partial charge in [0.05, 0.1) is 11.4 Å². The first-order chi connectivity index (χ1) is 8.78. The standard InChI is InChI=1S/C15H25N3/c1-3-13-8-14(18(2)17-13)9-16-10-15(11-4-5-11)12-6-7-12/h8,11-12,15-16H,3-7,9-10H2,1-2H3. The molecule has 100 valence electrons. The van der Waals surface area contributed by atoms with E-state index in [0.29, 0.717) is 0 Å². The highest BCUT2D eigenvalue weighted by atomic mass is 15.3. The zero-order chi connectivity index (χ0) is 12.5. The van der Waals surface area contributed by atoms with E-state index in [1.54, 1.807) is 0 Å². The lowest BCUT2D eigenvalue weighted by Crippen LogP contribution is -2.26. The van der Waals surface area contributed by atoms with Crippen LogP contribution in [0.5, 0.6) is 0 Å². The van der Waals surface area contributed by atoms with Gasteiger partial charge in [0.2, 0.25) is 0 Å². The molecule has 0 spiro atoms. The zero-order valence-electron chi connectivity index (χ0n) is 11.7. The van der Waals surface area contributed by atoms with Crippen molar-refractivity contribution in [1.29, 1.82) is 0 Å². The number of nitrogens with one attached hydrogen (secondary N) is 1. The molecule has 0 unspecified atom stereocenters. The molecule has 2 aliphatic rings. The van der Waals surface area contributed by atoms with Crippen LogP contribution in [0.1, 0.15) is 44.0 Å². The van der Waals surface area contributed by atoms with E-state index >= 15 is 0 Å². The summed E-state index contributed by atoms with van der Waals surface area (Å²) in [6, 6.07) is 2.23. The number of nitrogens with zero attached hydrogens (tertiary/aromatic N) is 2. The Labute approximate surface area is 110 Å². The summed E-state index contributed by atoms with van der Waals surface area (Å²) in [4.78, 5) is 0. The van der Waals surface area contributed by atoms with Gasteiger partial charge in [-0.3, -0.25) is 4.68 Å². The van der Waals surface area contributed by atoms with Gasteiger partial charge in [-0.25, -0.2) is 0 Å². The maximum absolute atomic E-state index is 4.50. The molecule has 0 atom stereocenters. The third kappa shape index (κ3) is 2.77. The summed E-state index contributed by atoms with van der Waals surface area (Å²) in [5, 5.41) is 8.16. The van der Waals surface area contributed by atoms with Gasteiger partial charge in [0.1, 0.15) is 0 Å². The Hall–Kier alpha value is -0.830. The van der Waals surface area contributed by atoms with Crippen molar-refractivity contribution in [1.82, 2.24) is 15.1 Å². The minimum Gasteiger partial charge on any atom is -0.311 e. The normalized spacial score (nSPS) is 19.7.